The van der Waals surface area contributed by atoms with Gasteiger partial charge >= 0.3 is 0 Å². The molecule has 2 N–H and O–H groups in total. The van der Waals surface area contributed by atoms with Gasteiger partial charge in [-0.2, -0.15) is 0 Å². The van der Waals surface area contributed by atoms with E-state index in [2.05, 4.69) is 20.8 Å². The first-order valence-electron chi connectivity index (χ1n) is 10.2. The average molecular weight is 472 g/mol. The van der Waals surface area contributed by atoms with E-state index in [0.29, 0.717) is 27.3 Å². The Hall–Kier alpha value is -2.84. The number of benzene rings is 2. The molecule has 0 aliphatic rings. The molecule has 0 aliphatic carbocycles. The highest BCUT2D eigenvalue weighted by molar-refractivity contribution is 7.99. The van der Waals surface area contributed by atoms with Crippen LogP contribution in [0.15, 0.2) is 53.7 Å². The van der Waals surface area contributed by atoms with Crippen LogP contribution in [0.2, 0.25) is 5.02 Å². The predicted molar refractivity (Wildman–Crippen MR) is 128 cm³/mol. The van der Waals surface area contributed by atoms with Crippen molar-refractivity contribution in [1.82, 2.24) is 20.1 Å². The summed E-state index contributed by atoms with van der Waals surface area (Å²) in [6.07, 6.45) is 0. The van der Waals surface area contributed by atoms with Crippen molar-refractivity contribution in [3.8, 4) is 0 Å². The standard InChI is InChI=1S/C23H26ClN5O2S/c1-14(2)20(26-22(31)16-8-6-5-7-9-16)21-27-28-23(29(21)4)32-13-19(30)25-17-11-10-15(3)18(24)12-17/h5-12,14,20H,13H2,1-4H3,(H,25,30)(H,26,31)/t20-/m0/s1. The summed E-state index contributed by atoms with van der Waals surface area (Å²) in [4.78, 5) is 25.0. The first-order valence-corrected chi connectivity index (χ1v) is 11.6. The molecular formula is C23H26ClN5O2S. The van der Waals surface area contributed by atoms with Crippen LogP contribution in [0.1, 0.15) is 41.6 Å². The van der Waals surface area contributed by atoms with Gasteiger partial charge in [0.25, 0.3) is 5.91 Å². The number of halogens is 1. The smallest absolute Gasteiger partial charge is 0.251 e. The van der Waals surface area contributed by atoms with Gasteiger partial charge in [0.15, 0.2) is 11.0 Å². The number of carbonyl (C=O) groups excluding carboxylic acids is 2. The molecule has 1 atom stereocenters. The zero-order chi connectivity index (χ0) is 23.3. The first kappa shape index (κ1) is 23.8. The first-order chi connectivity index (χ1) is 15.3. The lowest BCUT2D eigenvalue weighted by Crippen LogP contribution is -2.33. The summed E-state index contributed by atoms with van der Waals surface area (Å²) in [5, 5.41) is 15.6. The van der Waals surface area contributed by atoms with Crippen molar-refractivity contribution in [3.05, 3.63) is 70.5 Å². The maximum absolute atomic E-state index is 12.6. The van der Waals surface area contributed by atoms with Gasteiger partial charge < -0.3 is 15.2 Å². The van der Waals surface area contributed by atoms with Crippen molar-refractivity contribution in [2.45, 2.75) is 32.0 Å². The Morgan fingerprint density at radius 1 is 1.12 bits per heavy atom. The lowest BCUT2D eigenvalue weighted by Gasteiger charge is -2.21. The van der Waals surface area contributed by atoms with E-state index in [9.17, 15) is 9.59 Å². The van der Waals surface area contributed by atoms with Crippen molar-refractivity contribution < 1.29 is 9.59 Å². The highest BCUT2D eigenvalue weighted by Crippen LogP contribution is 2.25. The van der Waals surface area contributed by atoms with Gasteiger partial charge in [-0.05, 0) is 42.7 Å². The number of aryl methyl sites for hydroxylation is 1. The maximum Gasteiger partial charge on any atom is 0.251 e. The van der Waals surface area contributed by atoms with Gasteiger partial charge in [-0.1, -0.05) is 61.5 Å². The highest BCUT2D eigenvalue weighted by atomic mass is 35.5. The fraction of sp³-hybridized carbons (Fsp3) is 0.304. The van der Waals surface area contributed by atoms with E-state index in [4.69, 9.17) is 11.6 Å². The van der Waals surface area contributed by atoms with Gasteiger partial charge in [0, 0.05) is 23.3 Å². The summed E-state index contributed by atoms with van der Waals surface area (Å²) in [5.41, 5.74) is 2.18. The van der Waals surface area contributed by atoms with Crippen molar-refractivity contribution in [2.24, 2.45) is 13.0 Å². The Labute approximate surface area is 197 Å². The Bertz CT molecular complexity index is 1100. The predicted octanol–water partition coefficient (Wildman–Crippen LogP) is 4.63. The Morgan fingerprint density at radius 2 is 1.84 bits per heavy atom. The molecule has 0 radical (unpaired) electrons. The number of nitrogens with zero attached hydrogens (tertiary/aromatic N) is 3. The molecule has 3 aromatic rings. The average Bonchev–Trinajstić information content (AvgIpc) is 3.13. The number of rotatable bonds is 8. The Kier molecular flexibility index (Phi) is 7.93. The van der Waals surface area contributed by atoms with E-state index < -0.39 is 0 Å². The molecule has 9 heteroatoms. The monoisotopic (exact) mass is 471 g/mol. The fourth-order valence-electron chi connectivity index (χ4n) is 3.06. The number of hydrogen-bond acceptors (Lipinski definition) is 5. The number of nitrogens with one attached hydrogen (secondary N) is 2. The molecule has 0 fully saturated rings. The summed E-state index contributed by atoms with van der Waals surface area (Å²) >= 11 is 7.39. The molecule has 0 aliphatic heterocycles. The van der Waals surface area contributed by atoms with Gasteiger partial charge in [-0.3, -0.25) is 9.59 Å². The zero-order valence-electron chi connectivity index (χ0n) is 18.4. The second-order valence-corrected chi connectivity index (χ2v) is 9.11. The van der Waals surface area contributed by atoms with E-state index in [1.807, 2.05) is 62.7 Å². The topological polar surface area (TPSA) is 88.9 Å². The molecule has 3 rings (SSSR count). The molecule has 0 saturated heterocycles. The second kappa shape index (κ2) is 10.7. The fourth-order valence-corrected chi connectivity index (χ4v) is 3.96. The number of carbonyl (C=O) groups is 2. The zero-order valence-corrected chi connectivity index (χ0v) is 20.0. The van der Waals surface area contributed by atoms with Crippen LogP contribution in [0.3, 0.4) is 0 Å². The highest BCUT2D eigenvalue weighted by Gasteiger charge is 2.25. The third-order valence-corrected chi connectivity index (χ3v) is 6.35. The Morgan fingerprint density at radius 3 is 2.50 bits per heavy atom. The SMILES string of the molecule is Cc1ccc(NC(=O)CSc2nnc([C@@H](NC(=O)c3ccccc3)C(C)C)n2C)cc1Cl. The largest absolute Gasteiger partial charge is 0.342 e. The number of anilines is 1. The lowest BCUT2D eigenvalue weighted by molar-refractivity contribution is -0.113. The van der Waals surface area contributed by atoms with Crippen LogP contribution in [-0.2, 0) is 11.8 Å². The summed E-state index contributed by atoms with van der Waals surface area (Å²) in [6, 6.07) is 14.1. The van der Waals surface area contributed by atoms with Crippen molar-refractivity contribution >= 4 is 40.9 Å². The van der Waals surface area contributed by atoms with Crippen LogP contribution in [0.5, 0.6) is 0 Å². The van der Waals surface area contributed by atoms with Gasteiger partial charge in [0.2, 0.25) is 5.91 Å². The number of amides is 2. The van der Waals surface area contributed by atoms with Crippen LogP contribution in [0.4, 0.5) is 5.69 Å². The molecule has 0 bridgehead atoms. The third kappa shape index (κ3) is 5.89. The Balaban J connectivity index is 1.65. The number of aromatic nitrogens is 3. The van der Waals surface area contributed by atoms with Crippen LogP contribution >= 0.6 is 23.4 Å². The van der Waals surface area contributed by atoms with Crippen molar-refractivity contribution in [3.63, 3.8) is 0 Å². The molecule has 2 aromatic carbocycles. The minimum absolute atomic E-state index is 0.0954. The molecule has 1 heterocycles. The second-order valence-electron chi connectivity index (χ2n) is 7.76. The van der Waals surface area contributed by atoms with Gasteiger partial charge in [-0.15, -0.1) is 10.2 Å². The number of thioether (sulfide) groups is 1. The molecule has 0 unspecified atom stereocenters. The van der Waals surface area contributed by atoms with E-state index >= 15 is 0 Å². The minimum atomic E-state index is -0.321. The summed E-state index contributed by atoms with van der Waals surface area (Å²) < 4.78 is 1.82. The molecule has 32 heavy (non-hydrogen) atoms. The van der Waals surface area contributed by atoms with E-state index in [1.165, 1.54) is 11.8 Å². The molecular weight excluding hydrogens is 446 g/mol. The summed E-state index contributed by atoms with van der Waals surface area (Å²) in [5.74, 6) is 0.561. The molecule has 7 nitrogen and oxygen atoms in total. The summed E-state index contributed by atoms with van der Waals surface area (Å²) in [7, 11) is 1.83. The molecule has 2 amide bonds. The van der Waals surface area contributed by atoms with E-state index in [1.54, 1.807) is 18.2 Å². The van der Waals surface area contributed by atoms with Gasteiger partial charge in [0.1, 0.15) is 0 Å². The minimum Gasteiger partial charge on any atom is -0.342 e. The van der Waals surface area contributed by atoms with E-state index in [-0.39, 0.29) is 29.5 Å². The van der Waals surface area contributed by atoms with Crippen molar-refractivity contribution in [2.75, 3.05) is 11.1 Å². The van der Waals surface area contributed by atoms with E-state index in [0.717, 1.165) is 5.56 Å². The molecule has 0 spiro atoms. The number of hydrogen-bond donors (Lipinski definition) is 2. The van der Waals surface area contributed by atoms with Gasteiger partial charge in [0.05, 0.1) is 11.8 Å². The summed E-state index contributed by atoms with van der Waals surface area (Å²) in [6.45, 7) is 5.93. The lowest BCUT2D eigenvalue weighted by atomic mass is 10.0. The third-order valence-electron chi connectivity index (χ3n) is 4.92. The molecule has 0 saturated carbocycles. The van der Waals surface area contributed by atoms with Gasteiger partial charge in [-0.25, -0.2) is 0 Å². The molecule has 1 aromatic heterocycles. The van der Waals surface area contributed by atoms with Crippen molar-refractivity contribution in [1.29, 1.82) is 0 Å². The van der Waals surface area contributed by atoms with Crippen LogP contribution in [0, 0.1) is 12.8 Å². The normalized spacial score (nSPS) is 11.9. The maximum atomic E-state index is 12.6. The van der Waals surface area contributed by atoms with Crippen LogP contribution in [-0.4, -0.2) is 32.3 Å². The molecule has 168 valence electrons. The van der Waals surface area contributed by atoms with Crippen LogP contribution < -0.4 is 10.6 Å². The quantitative estimate of drug-likeness (QED) is 0.467. The van der Waals surface area contributed by atoms with Crippen LogP contribution in [0.25, 0.3) is 0 Å².